The maximum Gasteiger partial charge on any atom is 0.334 e. The van der Waals surface area contributed by atoms with Crippen LogP contribution in [0.3, 0.4) is 0 Å². The van der Waals surface area contributed by atoms with Gasteiger partial charge in [-0.15, -0.1) is 0 Å². The zero-order chi connectivity index (χ0) is 19.6. The Hall–Kier alpha value is -3.21. The number of imide groups is 2. The van der Waals surface area contributed by atoms with Crippen LogP contribution in [0.15, 0.2) is 24.3 Å². The molecule has 1 aromatic carbocycles. The van der Waals surface area contributed by atoms with Crippen LogP contribution in [0.2, 0.25) is 0 Å². The minimum Gasteiger partial charge on any atom is -0.323 e. The molecule has 2 atom stereocenters. The molecule has 2 aliphatic rings. The molecule has 8 nitrogen and oxygen atoms in total. The molecule has 1 aliphatic heterocycles. The van der Waals surface area contributed by atoms with E-state index in [0.717, 1.165) is 24.2 Å². The number of hydrogen-bond acceptors (Lipinski definition) is 5. The molecule has 1 aromatic rings. The molecule has 1 aliphatic carbocycles. The van der Waals surface area contributed by atoms with Crippen molar-refractivity contribution >= 4 is 29.4 Å². The lowest BCUT2D eigenvalue weighted by atomic mass is 9.85. The van der Waals surface area contributed by atoms with Gasteiger partial charge >= 0.3 is 17.8 Å². The van der Waals surface area contributed by atoms with Gasteiger partial charge in [-0.25, -0.2) is 9.69 Å². The third-order valence-corrected chi connectivity index (χ3v) is 5.11. The predicted molar refractivity (Wildman–Crippen MR) is 95.2 cm³/mol. The number of rotatable bonds is 4. The summed E-state index contributed by atoms with van der Waals surface area (Å²) in [5.74, 6) is -2.38. The van der Waals surface area contributed by atoms with Crippen LogP contribution in [0.4, 0.5) is 10.5 Å². The molecule has 1 heterocycles. The maximum atomic E-state index is 12.7. The second kappa shape index (κ2) is 7.58. The Morgan fingerprint density at radius 2 is 1.89 bits per heavy atom. The lowest BCUT2D eigenvalue weighted by Crippen LogP contribution is -2.46. The third-order valence-electron chi connectivity index (χ3n) is 5.11. The number of amides is 5. The number of anilines is 1. The van der Waals surface area contributed by atoms with Crippen LogP contribution in [0.25, 0.3) is 0 Å². The number of nitriles is 1. The normalized spacial score (nSPS) is 22.7. The van der Waals surface area contributed by atoms with Crippen molar-refractivity contribution in [3.05, 3.63) is 29.8 Å². The van der Waals surface area contributed by atoms with E-state index in [-0.39, 0.29) is 23.2 Å². The second-order valence-corrected chi connectivity index (χ2v) is 6.88. The highest BCUT2D eigenvalue weighted by molar-refractivity contribution is 6.45. The van der Waals surface area contributed by atoms with E-state index in [9.17, 15) is 19.2 Å². The summed E-state index contributed by atoms with van der Waals surface area (Å²) in [4.78, 5) is 51.3. The molecule has 1 N–H and O–H groups in total. The number of urea groups is 1. The number of para-hydroxylation sites is 1. The number of hydrogen-bond donors (Lipinski definition) is 1. The molecule has 8 heteroatoms. The second-order valence-electron chi connectivity index (χ2n) is 6.88. The van der Waals surface area contributed by atoms with Crippen molar-refractivity contribution in [3.63, 3.8) is 0 Å². The quantitative estimate of drug-likeness (QED) is 0.644. The monoisotopic (exact) mass is 368 g/mol. The first-order chi connectivity index (χ1) is 12.9. The fourth-order valence-electron chi connectivity index (χ4n) is 3.66. The average molecular weight is 368 g/mol. The van der Waals surface area contributed by atoms with Gasteiger partial charge in [-0.1, -0.05) is 31.9 Å². The third kappa shape index (κ3) is 3.53. The summed E-state index contributed by atoms with van der Waals surface area (Å²) in [7, 11) is 0. The van der Waals surface area contributed by atoms with Gasteiger partial charge in [-0.2, -0.15) is 5.26 Å². The number of carbonyl (C=O) groups excluding carboxylic acids is 4. The topological polar surface area (TPSA) is 111 Å². The molecular weight excluding hydrogens is 348 g/mol. The largest absolute Gasteiger partial charge is 0.334 e. The van der Waals surface area contributed by atoms with Crippen molar-refractivity contribution in [1.82, 2.24) is 9.80 Å². The fourth-order valence-corrected chi connectivity index (χ4v) is 3.66. The number of nitrogens with zero attached hydrogens (tertiary/aromatic N) is 3. The van der Waals surface area contributed by atoms with E-state index < -0.39 is 30.3 Å². The van der Waals surface area contributed by atoms with Crippen LogP contribution in [0.1, 0.15) is 38.2 Å². The zero-order valence-corrected chi connectivity index (χ0v) is 15.0. The molecule has 5 amide bonds. The molecule has 0 spiro atoms. The molecule has 0 bridgehead atoms. The Labute approximate surface area is 156 Å². The van der Waals surface area contributed by atoms with E-state index in [4.69, 9.17) is 5.26 Å². The smallest absolute Gasteiger partial charge is 0.323 e. The van der Waals surface area contributed by atoms with Crippen LogP contribution in [-0.4, -0.2) is 46.1 Å². The summed E-state index contributed by atoms with van der Waals surface area (Å²) in [5, 5.41) is 11.6. The Balaban J connectivity index is 1.72. The van der Waals surface area contributed by atoms with Crippen molar-refractivity contribution in [1.29, 1.82) is 5.26 Å². The van der Waals surface area contributed by atoms with Gasteiger partial charge in [0.1, 0.15) is 12.6 Å². The van der Waals surface area contributed by atoms with E-state index in [0.29, 0.717) is 11.3 Å². The Morgan fingerprint density at radius 1 is 1.19 bits per heavy atom. The Morgan fingerprint density at radius 3 is 2.59 bits per heavy atom. The lowest BCUT2D eigenvalue weighted by Gasteiger charge is -2.34. The molecule has 1 saturated carbocycles. The van der Waals surface area contributed by atoms with Crippen molar-refractivity contribution < 1.29 is 19.2 Å². The molecule has 1 saturated heterocycles. The SMILES string of the molecule is C[C@H]1CCCC[C@H]1N1C(=O)C(=O)N(CC(=O)Nc2ccccc2C#N)C1=O. The van der Waals surface area contributed by atoms with Gasteiger partial charge in [-0.05, 0) is 30.9 Å². The zero-order valence-electron chi connectivity index (χ0n) is 15.0. The van der Waals surface area contributed by atoms with Crippen molar-refractivity contribution in [2.45, 2.75) is 38.6 Å². The van der Waals surface area contributed by atoms with Crippen LogP contribution in [0.5, 0.6) is 0 Å². The van der Waals surface area contributed by atoms with Crippen LogP contribution < -0.4 is 5.32 Å². The molecule has 140 valence electrons. The van der Waals surface area contributed by atoms with Crippen LogP contribution in [0, 0.1) is 17.2 Å². The predicted octanol–water partition coefficient (Wildman–Crippen LogP) is 1.87. The molecule has 27 heavy (non-hydrogen) atoms. The maximum absolute atomic E-state index is 12.7. The van der Waals surface area contributed by atoms with Crippen molar-refractivity contribution in [3.8, 4) is 6.07 Å². The van der Waals surface area contributed by atoms with Gasteiger partial charge in [-0.3, -0.25) is 19.3 Å². The first kappa shape index (κ1) is 18.6. The Bertz CT molecular complexity index is 844. The average Bonchev–Trinajstić information content (AvgIpc) is 2.86. The van der Waals surface area contributed by atoms with Crippen LogP contribution in [-0.2, 0) is 14.4 Å². The molecule has 0 unspecified atom stereocenters. The first-order valence-electron chi connectivity index (χ1n) is 8.92. The van der Waals surface area contributed by atoms with E-state index in [1.54, 1.807) is 18.2 Å². The van der Waals surface area contributed by atoms with E-state index in [2.05, 4.69) is 5.32 Å². The molecule has 0 radical (unpaired) electrons. The van der Waals surface area contributed by atoms with Gasteiger partial charge in [0.15, 0.2) is 0 Å². The summed E-state index contributed by atoms with van der Waals surface area (Å²) >= 11 is 0. The molecule has 3 rings (SSSR count). The number of benzene rings is 1. The standard InChI is InChI=1S/C19H20N4O4/c1-12-6-2-5-9-15(12)23-18(26)17(25)22(19(23)27)11-16(24)21-14-8-4-3-7-13(14)10-20/h3-4,7-8,12,15H,2,5-6,9,11H2,1H3,(H,21,24)/t12-,15+/m0/s1. The minimum atomic E-state index is -0.985. The first-order valence-corrected chi connectivity index (χ1v) is 8.92. The summed E-state index contributed by atoms with van der Waals surface area (Å²) in [5.41, 5.74) is 0.548. The minimum absolute atomic E-state index is 0.121. The lowest BCUT2D eigenvalue weighted by molar-refractivity contribution is -0.145. The molecule has 2 fully saturated rings. The van der Waals surface area contributed by atoms with Crippen molar-refractivity contribution in [2.75, 3.05) is 11.9 Å². The fraction of sp³-hybridized carbons (Fsp3) is 0.421. The van der Waals surface area contributed by atoms with Crippen molar-refractivity contribution in [2.24, 2.45) is 5.92 Å². The highest BCUT2D eigenvalue weighted by atomic mass is 16.2. The Kier molecular flexibility index (Phi) is 5.21. The van der Waals surface area contributed by atoms with E-state index >= 15 is 0 Å². The van der Waals surface area contributed by atoms with Gasteiger partial charge in [0, 0.05) is 6.04 Å². The highest BCUT2D eigenvalue weighted by Crippen LogP contribution is 2.31. The number of carbonyl (C=O) groups is 4. The van der Waals surface area contributed by atoms with Gasteiger partial charge in [0.2, 0.25) is 5.91 Å². The summed E-state index contributed by atoms with van der Waals surface area (Å²) in [6.45, 7) is 1.39. The molecular formula is C19H20N4O4. The van der Waals surface area contributed by atoms with E-state index in [1.807, 2.05) is 13.0 Å². The van der Waals surface area contributed by atoms with Gasteiger partial charge in [0.25, 0.3) is 0 Å². The van der Waals surface area contributed by atoms with Gasteiger partial charge in [0.05, 0.1) is 11.3 Å². The summed E-state index contributed by atoms with van der Waals surface area (Å²) < 4.78 is 0. The molecule has 0 aromatic heterocycles. The summed E-state index contributed by atoms with van der Waals surface area (Å²) in [6.07, 6.45) is 3.49. The van der Waals surface area contributed by atoms with Gasteiger partial charge < -0.3 is 5.32 Å². The van der Waals surface area contributed by atoms with Crippen LogP contribution >= 0.6 is 0 Å². The number of nitrogens with one attached hydrogen (secondary N) is 1. The summed E-state index contributed by atoms with van der Waals surface area (Å²) in [6, 6.07) is 7.29. The van der Waals surface area contributed by atoms with E-state index in [1.165, 1.54) is 6.07 Å². The highest BCUT2D eigenvalue weighted by Gasteiger charge is 2.49.